The molecule has 0 saturated carbocycles. The maximum Gasteiger partial charge on any atom is 0.455 e. The molecule has 0 amide bonds. The van der Waals surface area contributed by atoms with Gasteiger partial charge in [0.25, 0.3) is 0 Å². The number of benzene rings is 2. The zero-order chi connectivity index (χ0) is 24.0. The molecule has 1 saturated heterocycles. The zero-order valence-electron chi connectivity index (χ0n) is 19.5. The van der Waals surface area contributed by atoms with Crippen LogP contribution in [0.3, 0.4) is 0 Å². The third-order valence-corrected chi connectivity index (χ3v) is 7.59. The Balaban J connectivity index is 1.41. The van der Waals surface area contributed by atoms with Crippen molar-refractivity contribution >= 4 is 24.8 Å². The molecule has 0 unspecified atom stereocenters. The monoisotopic (exact) mass is 456 g/mol. The minimum absolute atomic E-state index is 0.0167. The molecule has 0 aromatic heterocycles. The van der Waals surface area contributed by atoms with Crippen molar-refractivity contribution in [3.63, 3.8) is 0 Å². The van der Waals surface area contributed by atoms with Crippen LogP contribution >= 0.6 is 0 Å². The maximum atomic E-state index is 13.5. The topological polar surface area (TPSA) is 83.8 Å². The fraction of sp³-hybridized carbons (Fsp3) is 0.357. The number of rotatable bonds is 4. The molecule has 1 aliphatic heterocycles. The predicted octanol–water partition coefficient (Wildman–Crippen LogP) is 5.10. The van der Waals surface area contributed by atoms with Crippen molar-refractivity contribution in [2.45, 2.75) is 45.5 Å². The van der Waals surface area contributed by atoms with E-state index in [4.69, 9.17) is 4.65 Å². The lowest BCUT2D eigenvalue weighted by molar-refractivity contribution is 0.0601. The van der Waals surface area contributed by atoms with Crippen LogP contribution in [0.15, 0.2) is 65.3 Å². The third kappa shape index (κ3) is 4.06. The number of hydrogen-bond donors (Lipinski definition) is 2. The molecule has 0 spiro atoms. The highest BCUT2D eigenvalue weighted by molar-refractivity contribution is 6.43. The summed E-state index contributed by atoms with van der Waals surface area (Å²) in [5.41, 5.74) is 5.31. The van der Waals surface area contributed by atoms with Gasteiger partial charge in [0.2, 0.25) is 0 Å². The van der Waals surface area contributed by atoms with Crippen molar-refractivity contribution in [3.05, 3.63) is 81.9 Å². The first-order chi connectivity index (χ1) is 16.3. The lowest BCUT2D eigenvalue weighted by Crippen LogP contribution is -2.50. The molecular formula is C28H29BO5. The standard InChI is InChI=1S/C28H29BO5/c1-16(12-18-6-5-7-19(30)14-18)10-11-24-25-17(2)13-22-26(23(25)15-29(33)34-24)28(32)21-9-4-3-8-20(21)27(22)31/h3-9,12,14,22-24,26,30,33H,10-11,13,15H2,1-2H3/b16-12+/t22-,23+,24-,26-/m1/s1. The summed E-state index contributed by atoms with van der Waals surface area (Å²) in [4.78, 5) is 26.8. The van der Waals surface area contributed by atoms with Crippen LogP contribution in [0.4, 0.5) is 0 Å². The Bertz CT molecular complexity index is 1210. The van der Waals surface area contributed by atoms with E-state index in [1.807, 2.05) is 38.1 Å². The number of carbonyl (C=O) groups excluding carboxylic acids is 2. The average molecular weight is 456 g/mol. The van der Waals surface area contributed by atoms with Gasteiger partial charge in [-0.3, -0.25) is 9.59 Å². The number of carbonyl (C=O) groups is 2. The van der Waals surface area contributed by atoms with Gasteiger partial charge in [-0.15, -0.1) is 0 Å². The first-order valence-corrected chi connectivity index (χ1v) is 12.0. The highest BCUT2D eigenvalue weighted by atomic mass is 16.5. The maximum absolute atomic E-state index is 13.5. The lowest BCUT2D eigenvalue weighted by Gasteiger charge is -2.46. The molecule has 2 aromatic rings. The van der Waals surface area contributed by atoms with Crippen LogP contribution in [0.25, 0.3) is 6.08 Å². The van der Waals surface area contributed by atoms with Gasteiger partial charge in [-0.05, 0) is 68.6 Å². The van der Waals surface area contributed by atoms with Gasteiger partial charge in [-0.1, -0.05) is 53.6 Å². The van der Waals surface area contributed by atoms with Crippen molar-refractivity contribution in [2.75, 3.05) is 0 Å². The number of phenols is 1. The fourth-order valence-corrected chi connectivity index (χ4v) is 6.15. The van der Waals surface area contributed by atoms with E-state index in [2.05, 4.69) is 0 Å². The van der Waals surface area contributed by atoms with E-state index in [1.165, 1.54) is 0 Å². The molecule has 0 radical (unpaired) electrons. The summed E-state index contributed by atoms with van der Waals surface area (Å²) in [5, 5.41) is 20.3. The minimum atomic E-state index is -0.958. The molecule has 1 fully saturated rings. The summed E-state index contributed by atoms with van der Waals surface area (Å²) in [6, 6.07) is 14.2. The van der Waals surface area contributed by atoms with Gasteiger partial charge in [0.05, 0.1) is 6.10 Å². The number of allylic oxidation sites excluding steroid dienone is 2. The molecule has 5 nitrogen and oxygen atoms in total. The predicted molar refractivity (Wildman–Crippen MR) is 132 cm³/mol. The normalized spacial score (nSPS) is 26.8. The number of hydrogen-bond acceptors (Lipinski definition) is 5. The number of aromatic hydroxyl groups is 1. The van der Waals surface area contributed by atoms with Gasteiger partial charge in [0.1, 0.15) is 5.75 Å². The summed E-state index contributed by atoms with van der Waals surface area (Å²) in [5.74, 6) is -0.703. The highest BCUT2D eigenvalue weighted by Gasteiger charge is 2.52. The molecule has 2 aromatic carbocycles. The van der Waals surface area contributed by atoms with Gasteiger partial charge >= 0.3 is 7.12 Å². The second kappa shape index (κ2) is 9.01. The summed E-state index contributed by atoms with van der Waals surface area (Å²) in [6.45, 7) is 4.08. The summed E-state index contributed by atoms with van der Waals surface area (Å²) in [6.07, 6.45) is 4.07. The number of ketones is 2. The largest absolute Gasteiger partial charge is 0.508 e. The molecule has 3 aliphatic rings. The van der Waals surface area contributed by atoms with E-state index in [-0.39, 0.29) is 35.3 Å². The Morgan fingerprint density at radius 1 is 1.09 bits per heavy atom. The first-order valence-electron chi connectivity index (χ1n) is 12.0. The second-order valence-electron chi connectivity index (χ2n) is 9.89. The molecule has 6 heteroatoms. The molecule has 2 N–H and O–H groups in total. The molecule has 4 atom stereocenters. The average Bonchev–Trinajstić information content (AvgIpc) is 2.80. The van der Waals surface area contributed by atoms with Crippen LogP contribution in [0.1, 0.15) is 59.4 Å². The van der Waals surface area contributed by atoms with Crippen LogP contribution in [0.2, 0.25) is 6.32 Å². The smallest absolute Gasteiger partial charge is 0.455 e. The summed E-state index contributed by atoms with van der Waals surface area (Å²) >= 11 is 0. The molecule has 1 heterocycles. The molecule has 34 heavy (non-hydrogen) atoms. The van der Waals surface area contributed by atoms with Crippen LogP contribution in [-0.2, 0) is 4.65 Å². The van der Waals surface area contributed by atoms with Crippen LogP contribution in [0, 0.1) is 17.8 Å². The van der Waals surface area contributed by atoms with Gasteiger partial charge in [-0.25, -0.2) is 0 Å². The van der Waals surface area contributed by atoms with E-state index in [0.29, 0.717) is 30.3 Å². The Labute approximate surface area is 200 Å². The van der Waals surface area contributed by atoms with Crippen molar-refractivity contribution in [1.82, 2.24) is 0 Å². The highest BCUT2D eigenvalue weighted by Crippen LogP contribution is 2.50. The minimum Gasteiger partial charge on any atom is -0.508 e. The molecule has 2 aliphatic carbocycles. The van der Waals surface area contributed by atoms with Crippen molar-refractivity contribution < 1.29 is 24.4 Å². The van der Waals surface area contributed by atoms with Crippen molar-refractivity contribution in [2.24, 2.45) is 17.8 Å². The van der Waals surface area contributed by atoms with Crippen LogP contribution in [0.5, 0.6) is 5.75 Å². The number of Topliss-reactive ketones (excluding diaryl/α,β-unsaturated/α-hetero) is 2. The van der Waals surface area contributed by atoms with E-state index >= 15 is 0 Å². The first kappa shape index (κ1) is 22.8. The van der Waals surface area contributed by atoms with Gasteiger partial charge in [0.15, 0.2) is 11.6 Å². The van der Waals surface area contributed by atoms with Gasteiger partial charge in [-0.2, -0.15) is 0 Å². The van der Waals surface area contributed by atoms with Crippen molar-refractivity contribution in [3.8, 4) is 5.75 Å². The molecule has 0 bridgehead atoms. The number of fused-ring (bicyclic) bond motifs is 4. The van der Waals surface area contributed by atoms with E-state index in [9.17, 15) is 19.7 Å². The Morgan fingerprint density at radius 2 is 1.82 bits per heavy atom. The quantitative estimate of drug-likeness (QED) is 0.494. The third-order valence-electron chi connectivity index (χ3n) is 7.59. The lowest BCUT2D eigenvalue weighted by atomic mass is 9.54. The Hall–Kier alpha value is -2.96. The van der Waals surface area contributed by atoms with Gasteiger partial charge < -0.3 is 14.8 Å². The number of phenolic OH excluding ortho intramolecular Hbond substituents is 1. The van der Waals surface area contributed by atoms with Crippen LogP contribution in [-0.4, -0.2) is 34.9 Å². The molecule has 5 rings (SSSR count). The second-order valence-corrected chi connectivity index (χ2v) is 9.89. The van der Waals surface area contributed by atoms with E-state index in [0.717, 1.165) is 28.7 Å². The SMILES string of the molecule is CC1=C2[C@@H](CC/C(C)=C/c3cccc(O)c3)OB(O)C[C@@H]2[C@@H]2C(=O)c3ccccc3C(=O)[C@@H]2C1. The fourth-order valence-electron chi connectivity index (χ4n) is 6.15. The Morgan fingerprint density at radius 3 is 2.56 bits per heavy atom. The van der Waals surface area contributed by atoms with Gasteiger partial charge in [0, 0.05) is 23.0 Å². The molecule has 174 valence electrons. The van der Waals surface area contributed by atoms with E-state index in [1.54, 1.807) is 30.3 Å². The van der Waals surface area contributed by atoms with Crippen LogP contribution < -0.4 is 0 Å². The summed E-state index contributed by atoms with van der Waals surface area (Å²) < 4.78 is 5.99. The van der Waals surface area contributed by atoms with Crippen molar-refractivity contribution in [1.29, 1.82) is 0 Å². The Kier molecular flexibility index (Phi) is 6.05. The molecular weight excluding hydrogens is 427 g/mol. The zero-order valence-corrected chi connectivity index (χ0v) is 19.5. The summed E-state index contributed by atoms with van der Waals surface area (Å²) in [7, 11) is -0.958. The van der Waals surface area contributed by atoms with E-state index < -0.39 is 13.0 Å².